The van der Waals surface area contributed by atoms with Crippen LogP contribution in [0.1, 0.15) is 17.0 Å². The Bertz CT molecular complexity index is 897. The van der Waals surface area contributed by atoms with Crippen molar-refractivity contribution >= 4 is 33.0 Å². The summed E-state index contributed by atoms with van der Waals surface area (Å²) < 4.78 is 1.11. The molecule has 0 spiro atoms. The summed E-state index contributed by atoms with van der Waals surface area (Å²) in [4.78, 5) is 18.7. The molecule has 2 heterocycles. The number of fused-ring (bicyclic) bond motifs is 1. The highest BCUT2D eigenvalue weighted by atomic mass is 32.1. The monoisotopic (exact) mass is 335 g/mol. The Morgan fingerprint density at radius 1 is 1.08 bits per heavy atom. The zero-order valence-electron chi connectivity index (χ0n) is 13.1. The molecule has 0 fully saturated rings. The van der Waals surface area contributed by atoms with Crippen molar-refractivity contribution in [3.05, 3.63) is 71.0 Å². The Balaban J connectivity index is 1.59. The molecule has 0 atom stereocenters. The lowest BCUT2D eigenvalue weighted by atomic mass is 10.1. The Morgan fingerprint density at radius 3 is 2.62 bits per heavy atom. The molecule has 1 aliphatic rings. The minimum absolute atomic E-state index is 0.0534. The predicted octanol–water partition coefficient (Wildman–Crippen LogP) is 3.40. The van der Waals surface area contributed by atoms with Gasteiger partial charge in [-0.25, -0.2) is 4.98 Å². The highest BCUT2D eigenvalue weighted by Crippen LogP contribution is 2.34. The van der Waals surface area contributed by atoms with Crippen LogP contribution in [0.2, 0.25) is 0 Å². The van der Waals surface area contributed by atoms with Gasteiger partial charge in [-0.05, 0) is 24.1 Å². The maximum Gasteiger partial charge on any atom is 0.232 e. The smallest absolute Gasteiger partial charge is 0.232 e. The van der Waals surface area contributed by atoms with Crippen LogP contribution in [0.3, 0.4) is 0 Å². The maximum atomic E-state index is 12.4. The van der Waals surface area contributed by atoms with Crippen LogP contribution in [-0.4, -0.2) is 22.3 Å². The van der Waals surface area contributed by atoms with E-state index in [0.717, 1.165) is 27.2 Å². The largest absolute Gasteiger partial charge is 0.385 e. The van der Waals surface area contributed by atoms with Gasteiger partial charge in [0, 0.05) is 12.1 Å². The van der Waals surface area contributed by atoms with E-state index in [1.165, 1.54) is 5.56 Å². The molecule has 0 aliphatic carbocycles. The average Bonchev–Trinajstić information content (AvgIpc) is 3.15. The van der Waals surface area contributed by atoms with Crippen LogP contribution < -0.4 is 5.73 Å². The Morgan fingerprint density at radius 2 is 1.83 bits per heavy atom. The third-order valence-electron chi connectivity index (χ3n) is 4.25. The minimum atomic E-state index is 0.0534. The van der Waals surface area contributed by atoms with E-state index in [1.807, 2.05) is 42.5 Å². The molecule has 0 saturated carbocycles. The molecule has 0 unspecified atom stereocenters. The first kappa shape index (κ1) is 14.9. The molecule has 4 rings (SSSR count). The van der Waals surface area contributed by atoms with E-state index in [1.54, 1.807) is 16.2 Å². The lowest BCUT2D eigenvalue weighted by molar-refractivity contribution is -0.127. The molecular formula is C19H17N3OS. The van der Waals surface area contributed by atoms with Crippen LogP contribution >= 0.6 is 11.3 Å². The number of nitrogens with two attached hydrogens (primary N) is 1. The van der Waals surface area contributed by atoms with Crippen LogP contribution in [0, 0.1) is 0 Å². The molecule has 0 bridgehead atoms. The van der Waals surface area contributed by atoms with Crippen molar-refractivity contribution in [2.24, 2.45) is 5.73 Å². The quantitative estimate of drug-likeness (QED) is 0.795. The lowest BCUT2D eigenvalue weighted by Crippen LogP contribution is -2.31. The van der Waals surface area contributed by atoms with E-state index in [4.69, 9.17) is 5.73 Å². The number of nitrogens with zero attached hydrogens (tertiary/aromatic N) is 2. The minimum Gasteiger partial charge on any atom is -0.385 e. The van der Waals surface area contributed by atoms with Gasteiger partial charge in [-0.1, -0.05) is 42.5 Å². The van der Waals surface area contributed by atoms with Crippen molar-refractivity contribution in [1.82, 2.24) is 9.88 Å². The van der Waals surface area contributed by atoms with E-state index in [9.17, 15) is 4.79 Å². The van der Waals surface area contributed by atoms with Crippen molar-refractivity contribution in [2.75, 3.05) is 6.54 Å². The van der Waals surface area contributed by atoms with Crippen molar-refractivity contribution in [1.29, 1.82) is 0 Å². The second kappa shape index (κ2) is 6.09. The molecule has 0 saturated heterocycles. The lowest BCUT2D eigenvalue weighted by Gasteiger charge is -2.17. The highest BCUT2D eigenvalue weighted by molar-refractivity contribution is 7.19. The number of benzene rings is 2. The van der Waals surface area contributed by atoms with Crippen molar-refractivity contribution in [3.8, 4) is 0 Å². The van der Waals surface area contributed by atoms with Gasteiger partial charge in [0.25, 0.3) is 0 Å². The summed E-state index contributed by atoms with van der Waals surface area (Å²) in [6.45, 7) is 0.600. The number of hydrogen-bond acceptors (Lipinski definition) is 4. The summed E-state index contributed by atoms with van der Waals surface area (Å²) in [6.07, 6.45) is 1.13. The first-order chi connectivity index (χ1) is 11.7. The standard InChI is InChI=1S/C19H17N3OS/c20-18-14(19-21-15-8-4-5-9-16(15)24-19)12-17(23)22(18)11-10-13-6-2-1-3-7-13/h1-9H,10-12,20H2. The van der Waals surface area contributed by atoms with Crippen LogP contribution in [-0.2, 0) is 11.2 Å². The fourth-order valence-electron chi connectivity index (χ4n) is 2.95. The van der Waals surface area contributed by atoms with Gasteiger partial charge in [0.2, 0.25) is 5.91 Å². The molecule has 2 aromatic carbocycles. The van der Waals surface area contributed by atoms with Gasteiger partial charge in [-0.3, -0.25) is 9.69 Å². The summed E-state index contributed by atoms with van der Waals surface area (Å²) in [5, 5.41) is 0.851. The number of carbonyl (C=O) groups excluding carboxylic acids is 1. The predicted molar refractivity (Wildman–Crippen MR) is 97.2 cm³/mol. The Labute approximate surface area is 144 Å². The number of hydrogen-bond donors (Lipinski definition) is 1. The van der Waals surface area contributed by atoms with Crippen molar-refractivity contribution < 1.29 is 4.79 Å². The van der Waals surface area contributed by atoms with Gasteiger partial charge in [0.15, 0.2) is 0 Å². The van der Waals surface area contributed by atoms with Crippen molar-refractivity contribution in [3.63, 3.8) is 0 Å². The van der Waals surface area contributed by atoms with E-state index in [-0.39, 0.29) is 5.91 Å². The number of para-hydroxylation sites is 1. The highest BCUT2D eigenvalue weighted by Gasteiger charge is 2.30. The molecular weight excluding hydrogens is 318 g/mol. The third-order valence-corrected chi connectivity index (χ3v) is 5.34. The summed E-state index contributed by atoms with van der Waals surface area (Å²) >= 11 is 1.59. The molecule has 3 aromatic rings. The van der Waals surface area contributed by atoms with Crippen LogP contribution in [0.4, 0.5) is 0 Å². The van der Waals surface area contributed by atoms with Crippen LogP contribution in [0.5, 0.6) is 0 Å². The molecule has 1 aliphatic heterocycles. The van der Waals surface area contributed by atoms with Gasteiger partial charge in [-0.2, -0.15) is 0 Å². The molecule has 24 heavy (non-hydrogen) atoms. The molecule has 4 nitrogen and oxygen atoms in total. The SMILES string of the molecule is NC1=C(c2nc3ccccc3s2)CC(=O)N1CCc1ccccc1. The van der Waals surface area contributed by atoms with E-state index in [0.29, 0.717) is 18.8 Å². The summed E-state index contributed by atoms with van der Waals surface area (Å²) in [5.74, 6) is 0.604. The fraction of sp³-hybridized carbons (Fsp3) is 0.158. The Hall–Kier alpha value is -2.66. The number of amides is 1. The zero-order valence-corrected chi connectivity index (χ0v) is 13.9. The fourth-order valence-corrected chi connectivity index (χ4v) is 3.97. The maximum absolute atomic E-state index is 12.4. The normalized spacial score (nSPS) is 14.8. The van der Waals surface area contributed by atoms with Crippen LogP contribution in [0.15, 0.2) is 60.4 Å². The van der Waals surface area contributed by atoms with Gasteiger partial charge in [-0.15, -0.1) is 11.3 Å². The van der Waals surface area contributed by atoms with E-state index >= 15 is 0 Å². The number of rotatable bonds is 4. The third kappa shape index (κ3) is 2.67. The van der Waals surface area contributed by atoms with Gasteiger partial charge in [0.05, 0.1) is 16.6 Å². The first-order valence-corrected chi connectivity index (χ1v) is 8.73. The summed E-state index contributed by atoms with van der Waals surface area (Å²) in [5.41, 5.74) is 9.29. The van der Waals surface area contributed by atoms with Crippen molar-refractivity contribution in [2.45, 2.75) is 12.8 Å². The molecule has 5 heteroatoms. The number of carbonyl (C=O) groups is 1. The van der Waals surface area contributed by atoms with Gasteiger partial charge < -0.3 is 5.73 Å². The zero-order chi connectivity index (χ0) is 16.5. The second-order valence-corrected chi connectivity index (χ2v) is 6.84. The number of thiazole rings is 1. The topological polar surface area (TPSA) is 59.2 Å². The van der Waals surface area contributed by atoms with Crippen LogP contribution in [0.25, 0.3) is 15.8 Å². The molecule has 120 valence electrons. The molecule has 1 aromatic heterocycles. The Kier molecular flexibility index (Phi) is 3.78. The van der Waals surface area contributed by atoms with Gasteiger partial charge >= 0.3 is 0 Å². The van der Waals surface area contributed by atoms with E-state index in [2.05, 4.69) is 17.1 Å². The second-order valence-electron chi connectivity index (χ2n) is 5.81. The molecule has 1 amide bonds. The first-order valence-electron chi connectivity index (χ1n) is 7.91. The average molecular weight is 335 g/mol. The molecule has 0 radical (unpaired) electrons. The number of aromatic nitrogens is 1. The van der Waals surface area contributed by atoms with Gasteiger partial charge in [0.1, 0.15) is 10.8 Å². The van der Waals surface area contributed by atoms with E-state index < -0.39 is 0 Å². The summed E-state index contributed by atoms with van der Waals surface area (Å²) in [6, 6.07) is 18.1. The molecule has 2 N–H and O–H groups in total. The summed E-state index contributed by atoms with van der Waals surface area (Å²) in [7, 11) is 0.